The lowest BCUT2D eigenvalue weighted by atomic mass is 10.2. The van der Waals surface area contributed by atoms with Crippen LogP contribution in [0.5, 0.6) is 0 Å². The van der Waals surface area contributed by atoms with Crippen LogP contribution in [0.2, 0.25) is 0 Å². The number of carbonyl (C=O) groups is 1. The smallest absolute Gasteiger partial charge is 0.174 e. The monoisotopic (exact) mass is 446 g/mol. The van der Waals surface area contributed by atoms with Gasteiger partial charge in [-0.2, -0.15) is 0 Å². The van der Waals surface area contributed by atoms with Crippen molar-refractivity contribution in [2.45, 2.75) is 47.8 Å². The summed E-state index contributed by atoms with van der Waals surface area (Å²) in [6.07, 6.45) is 30.6. The molecule has 0 unspecified atom stereocenters. The van der Waals surface area contributed by atoms with E-state index in [1.165, 1.54) is 0 Å². The van der Waals surface area contributed by atoms with Crippen LogP contribution in [-0.4, -0.2) is 22.8 Å². The van der Waals surface area contributed by atoms with Crippen molar-refractivity contribution in [1.82, 2.24) is 0 Å². The molecule has 0 radical (unpaired) electrons. The summed E-state index contributed by atoms with van der Waals surface area (Å²) in [6, 6.07) is 0. The van der Waals surface area contributed by atoms with Crippen LogP contribution in [0.15, 0.2) is 131 Å². The molecule has 0 saturated carbocycles. The normalized spacial score (nSPS) is 16.2. The molecule has 0 fully saturated rings. The Balaban J connectivity index is 4.74. The first-order valence-corrected chi connectivity index (χ1v) is 10.9. The molecular weight excluding hydrogens is 408 g/mol. The second kappa shape index (κ2) is 18.3. The van der Waals surface area contributed by atoms with E-state index in [-0.39, 0.29) is 0 Å². The van der Waals surface area contributed by atoms with E-state index in [4.69, 9.17) is 10.2 Å². The zero-order chi connectivity index (χ0) is 25.1. The second-order valence-corrected chi connectivity index (χ2v) is 7.78. The Kier molecular flexibility index (Phi) is 16.5. The van der Waals surface area contributed by atoms with Gasteiger partial charge in [-0.05, 0) is 52.7 Å². The summed E-state index contributed by atoms with van der Waals surface area (Å²) < 4.78 is 0. The fraction of sp³-hybridized carbons (Fsp3) is 0.233. The van der Waals surface area contributed by atoms with Gasteiger partial charge in [-0.1, -0.05) is 120 Å². The van der Waals surface area contributed by atoms with Crippen molar-refractivity contribution in [3.05, 3.63) is 131 Å². The summed E-state index contributed by atoms with van der Waals surface area (Å²) in [7, 11) is 0. The SMILES string of the molecule is C\C(C=O)=C/C=C/C(C)=C/C=C/C(C)=C/C=C/C=C(C)/C=C/C=C(C)/C=C/C=C(\C)C(O)O. The molecule has 0 aromatic carbocycles. The van der Waals surface area contributed by atoms with Crippen LogP contribution in [0, 0.1) is 0 Å². The maximum absolute atomic E-state index is 10.5. The molecule has 0 spiro atoms. The third kappa shape index (κ3) is 18.0. The largest absolute Gasteiger partial charge is 0.365 e. The van der Waals surface area contributed by atoms with Crippen molar-refractivity contribution >= 4 is 6.29 Å². The Hall–Kier alpha value is -3.27. The fourth-order valence-electron chi connectivity index (χ4n) is 2.17. The number of aliphatic hydroxyl groups excluding tert-OH is 1. The number of rotatable bonds is 12. The summed E-state index contributed by atoms with van der Waals surface area (Å²) in [5.74, 6) is 0. The van der Waals surface area contributed by atoms with Crippen molar-refractivity contribution in [3.63, 3.8) is 0 Å². The first kappa shape index (κ1) is 29.7. The van der Waals surface area contributed by atoms with Crippen LogP contribution in [0.25, 0.3) is 0 Å². The molecule has 0 atom stereocenters. The summed E-state index contributed by atoms with van der Waals surface area (Å²) in [5, 5.41) is 18.0. The average Bonchev–Trinajstić information content (AvgIpc) is 2.76. The van der Waals surface area contributed by atoms with Gasteiger partial charge in [-0.25, -0.2) is 0 Å². The molecule has 0 aliphatic rings. The Morgan fingerprint density at radius 2 is 0.788 bits per heavy atom. The van der Waals surface area contributed by atoms with E-state index in [1.54, 1.807) is 32.1 Å². The molecule has 0 aromatic rings. The lowest BCUT2D eigenvalue weighted by molar-refractivity contribution is -0.104. The predicted molar refractivity (Wildman–Crippen MR) is 143 cm³/mol. The molecule has 2 N–H and O–H groups in total. The Labute approximate surface area is 199 Å². The third-order valence-corrected chi connectivity index (χ3v) is 4.30. The highest BCUT2D eigenvalue weighted by Gasteiger charge is 1.95. The molecule has 0 bridgehead atoms. The molecule has 3 heteroatoms. The number of carbonyl (C=O) groups excluding carboxylic acids is 1. The molecule has 33 heavy (non-hydrogen) atoms. The van der Waals surface area contributed by atoms with Crippen molar-refractivity contribution in [2.75, 3.05) is 0 Å². The summed E-state index contributed by atoms with van der Waals surface area (Å²) in [6.45, 7) is 11.5. The third-order valence-electron chi connectivity index (χ3n) is 4.30. The number of allylic oxidation sites excluding steroid dienone is 21. The van der Waals surface area contributed by atoms with Crippen LogP contribution < -0.4 is 0 Å². The van der Waals surface area contributed by atoms with E-state index in [1.807, 2.05) is 107 Å². The van der Waals surface area contributed by atoms with E-state index >= 15 is 0 Å². The summed E-state index contributed by atoms with van der Waals surface area (Å²) in [5.41, 5.74) is 5.63. The van der Waals surface area contributed by atoms with Crippen molar-refractivity contribution in [2.24, 2.45) is 0 Å². The standard InChI is InChI=1S/C30H38O3/c1-24(15-9-17-26(3)19-11-21-28(5)23-31)13-7-8-14-25(2)16-10-18-27(4)20-12-22-29(6)30(32)33/h7-23,30,32-33H,1-6H3/b8-7+,15-9+,16-10+,19-11+,20-12+,24-13+,25-14+,26-17+,27-18+,28-21+,29-22+. The molecule has 0 rings (SSSR count). The first-order chi connectivity index (χ1) is 15.6. The number of aliphatic hydroxyl groups is 2. The van der Waals surface area contributed by atoms with E-state index < -0.39 is 6.29 Å². The molecule has 176 valence electrons. The van der Waals surface area contributed by atoms with Gasteiger partial charge in [0.15, 0.2) is 6.29 Å². The van der Waals surface area contributed by atoms with Gasteiger partial charge in [0.2, 0.25) is 0 Å². The first-order valence-electron chi connectivity index (χ1n) is 10.9. The van der Waals surface area contributed by atoms with Crippen LogP contribution >= 0.6 is 0 Å². The lowest BCUT2D eigenvalue weighted by Gasteiger charge is -1.99. The van der Waals surface area contributed by atoms with Gasteiger partial charge >= 0.3 is 0 Å². The van der Waals surface area contributed by atoms with Gasteiger partial charge in [-0.15, -0.1) is 0 Å². The maximum atomic E-state index is 10.5. The minimum Gasteiger partial charge on any atom is -0.365 e. The molecule has 0 aliphatic heterocycles. The highest BCUT2D eigenvalue weighted by molar-refractivity contribution is 5.72. The van der Waals surface area contributed by atoms with Crippen molar-refractivity contribution < 1.29 is 15.0 Å². The minimum atomic E-state index is -1.41. The Morgan fingerprint density at radius 3 is 1.12 bits per heavy atom. The topological polar surface area (TPSA) is 57.5 Å². The Morgan fingerprint density at radius 1 is 0.485 bits per heavy atom. The van der Waals surface area contributed by atoms with Gasteiger partial charge in [0.05, 0.1) is 0 Å². The van der Waals surface area contributed by atoms with E-state index in [0.717, 1.165) is 28.6 Å². The predicted octanol–water partition coefficient (Wildman–Crippen LogP) is 6.95. The molecule has 3 nitrogen and oxygen atoms in total. The van der Waals surface area contributed by atoms with Gasteiger partial charge in [-0.3, -0.25) is 4.79 Å². The summed E-state index contributed by atoms with van der Waals surface area (Å²) >= 11 is 0. The molecule has 0 amide bonds. The fourth-order valence-corrected chi connectivity index (χ4v) is 2.17. The zero-order valence-electron chi connectivity index (χ0n) is 20.7. The second-order valence-electron chi connectivity index (χ2n) is 7.78. The summed E-state index contributed by atoms with van der Waals surface area (Å²) in [4.78, 5) is 10.5. The van der Waals surface area contributed by atoms with Gasteiger partial charge in [0.1, 0.15) is 6.29 Å². The van der Waals surface area contributed by atoms with E-state index in [0.29, 0.717) is 11.1 Å². The number of aldehydes is 1. The number of hydrogen-bond acceptors (Lipinski definition) is 3. The zero-order valence-corrected chi connectivity index (χ0v) is 20.7. The minimum absolute atomic E-state index is 0.499. The van der Waals surface area contributed by atoms with Gasteiger partial charge in [0, 0.05) is 0 Å². The quantitative estimate of drug-likeness (QED) is 0.147. The Bertz CT molecular complexity index is 951. The maximum Gasteiger partial charge on any atom is 0.174 e. The highest BCUT2D eigenvalue weighted by Crippen LogP contribution is 2.04. The average molecular weight is 447 g/mol. The van der Waals surface area contributed by atoms with E-state index in [2.05, 4.69) is 0 Å². The van der Waals surface area contributed by atoms with Crippen LogP contribution in [-0.2, 0) is 4.79 Å². The van der Waals surface area contributed by atoms with Gasteiger partial charge < -0.3 is 10.2 Å². The van der Waals surface area contributed by atoms with Crippen LogP contribution in [0.4, 0.5) is 0 Å². The number of hydrogen-bond donors (Lipinski definition) is 2. The molecule has 0 aliphatic carbocycles. The van der Waals surface area contributed by atoms with Crippen molar-refractivity contribution in [1.29, 1.82) is 0 Å². The lowest BCUT2D eigenvalue weighted by Crippen LogP contribution is -2.04. The molecule has 0 saturated heterocycles. The molecule has 0 heterocycles. The van der Waals surface area contributed by atoms with Crippen LogP contribution in [0.3, 0.4) is 0 Å². The van der Waals surface area contributed by atoms with Crippen molar-refractivity contribution in [3.8, 4) is 0 Å². The van der Waals surface area contributed by atoms with E-state index in [9.17, 15) is 4.79 Å². The highest BCUT2D eigenvalue weighted by atomic mass is 16.5. The van der Waals surface area contributed by atoms with Gasteiger partial charge in [0.25, 0.3) is 0 Å². The van der Waals surface area contributed by atoms with Crippen LogP contribution in [0.1, 0.15) is 41.5 Å². The molecule has 0 aromatic heterocycles. The molecular formula is C30H38O3.